The van der Waals surface area contributed by atoms with Crippen LogP contribution < -0.4 is 5.32 Å². The molecule has 0 aliphatic rings. The van der Waals surface area contributed by atoms with Crippen molar-refractivity contribution < 1.29 is 9.90 Å². The van der Waals surface area contributed by atoms with Crippen LogP contribution in [0.3, 0.4) is 0 Å². The number of carboxylic acids is 1. The Kier molecular flexibility index (Phi) is 3.92. The van der Waals surface area contributed by atoms with Crippen LogP contribution in [0, 0.1) is 19.8 Å². The van der Waals surface area contributed by atoms with Gasteiger partial charge in [0.15, 0.2) is 0 Å². The number of aromatic nitrogens is 3. The molecule has 2 aromatic heterocycles. The van der Waals surface area contributed by atoms with Crippen molar-refractivity contribution >= 4 is 22.8 Å². The number of H-pyrrole nitrogens is 1. The molecule has 2 aromatic rings. The van der Waals surface area contributed by atoms with Crippen molar-refractivity contribution in [1.82, 2.24) is 15.0 Å². The Hall–Kier alpha value is -2.11. The third kappa shape index (κ3) is 3.07. The first-order chi connectivity index (χ1) is 9.36. The van der Waals surface area contributed by atoms with Crippen molar-refractivity contribution in [2.45, 2.75) is 40.2 Å². The molecule has 0 aliphatic heterocycles. The molecule has 0 spiro atoms. The number of hydrogen-bond acceptors (Lipinski definition) is 4. The fraction of sp³-hybridized carbons (Fsp3) is 0.500. The molecule has 2 rings (SSSR count). The van der Waals surface area contributed by atoms with E-state index >= 15 is 0 Å². The second kappa shape index (κ2) is 5.48. The third-order valence-corrected chi connectivity index (χ3v) is 3.05. The maximum Gasteiger partial charge on any atom is 0.326 e. The molecule has 0 fully saturated rings. The summed E-state index contributed by atoms with van der Waals surface area (Å²) in [6.45, 7) is 7.72. The number of anilines is 1. The zero-order valence-corrected chi connectivity index (χ0v) is 12.2. The van der Waals surface area contributed by atoms with Crippen molar-refractivity contribution in [3.8, 4) is 0 Å². The average molecular weight is 276 g/mol. The zero-order valence-electron chi connectivity index (χ0n) is 12.2. The molecule has 1 atom stereocenters. The molecule has 3 N–H and O–H groups in total. The standard InChI is InChI=1S/C14H20N4O2/c1-7(2)5-11(14(19)20)18-13-10-6-8(3)15-12(10)16-9(4)17-13/h6-7,11H,5H2,1-4H3,(H,19,20)(H2,15,16,17,18). The molecule has 6 heteroatoms. The number of aryl methyl sites for hydroxylation is 2. The Balaban J connectivity index is 2.38. The van der Waals surface area contributed by atoms with E-state index in [1.807, 2.05) is 26.8 Å². The van der Waals surface area contributed by atoms with Gasteiger partial charge in [0.05, 0.1) is 5.39 Å². The van der Waals surface area contributed by atoms with Crippen LogP contribution >= 0.6 is 0 Å². The Morgan fingerprint density at radius 3 is 2.70 bits per heavy atom. The normalized spacial score (nSPS) is 12.8. The SMILES string of the molecule is Cc1nc(NC(CC(C)C)C(=O)O)c2cc(C)[nH]c2n1. The molecule has 0 aliphatic carbocycles. The lowest BCUT2D eigenvalue weighted by atomic mass is 10.0. The summed E-state index contributed by atoms with van der Waals surface area (Å²) in [6, 6.07) is 1.27. The van der Waals surface area contributed by atoms with Crippen LogP contribution in [-0.2, 0) is 4.79 Å². The van der Waals surface area contributed by atoms with Gasteiger partial charge in [-0.25, -0.2) is 14.8 Å². The van der Waals surface area contributed by atoms with Crippen molar-refractivity contribution in [2.24, 2.45) is 5.92 Å². The molecular weight excluding hydrogens is 256 g/mol. The predicted molar refractivity (Wildman–Crippen MR) is 77.9 cm³/mol. The number of aliphatic carboxylic acids is 1. The van der Waals surface area contributed by atoms with Crippen LogP contribution in [0.2, 0.25) is 0 Å². The average Bonchev–Trinajstić information content (AvgIpc) is 2.67. The van der Waals surface area contributed by atoms with Crippen LogP contribution in [0.15, 0.2) is 6.07 Å². The van der Waals surface area contributed by atoms with E-state index in [-0.39, 0.29) is 5.92 Å². The van der Waals surface area contributed by atoms with Gasteiger partial charge < -0.3 is 15.4 Å². The van der Waals surface area contributed by atoms with Gasteiger partial charge in [-0.15, -0.1) is 0 Å². The number of nitrogens with zero attached hydrogens (tertiary/aromatic N) is 2. The lowest BCUT2D eigenvalue weighted by Crippen LogP contribution is -2.31. The Bertz CT molecular complexity index is 633. The van der Waals surface area contributed by atoms with Crippen LogP contribution in [0.1, 0.15) is 31.8 Å². The number of carboxylic acid groups (broad SMARTS) is 1. The maximum atomic E-state index is 11.4. The zero-order chi connectivity index (χ0) is 14.9. The van der Waals surface area contributed by atoms with Gasteiger partial charge in [-0.05, 0) is 32.3 Å². The van der Waals surface area contributed by atoms with Crippen LogP contribution in [-0.4, -0.2) is 32.1 Å². The lowest BCUT2D eigenvalue weighted by Gasteiger charge is -2.17. The molecule has 108 valence electrons. The van der Waals surface area contributed by atoms with E-state index in [0.717, 1.165) is 16.7 Å². The maximum absolute atomic E-state index is 11.4. The summed E-state index contributed by atoms with van der Waals surface area (Å²) in [7, 11) is 0. The minimum Gasteiger partial charge on any atom is -0.480 e. The molecule has 0 saturated carbocycles. The first kappa shape index (κ1) is 14.3. The minimum atomic E-state index is -0.865. The summed E-state index contributed by atoms with van der Waals surface area (Å²) in [6.07, 6.45) is 0.545. The number of carbonyl (C=O) groups is 1. The van der Waals surface area contributed by atoms with E-state index in [1.54, 1.807) is 6.92 Å². The van der Waals surface area contributed by atoms with E-state index in [1.165, 1.54) is 0 Å². The van der Waals surface area contributed by atoms with Gasteiger partial charge in [-0.3, -0.25) is 0 Å². The molecular formula is C14H20N4O2. The summed E-state index contributed by atoms with van der Waals surface area (Å²) >= 11 is 0. The molecule has 0 bridgehead atoms. The molecule has 0 radical (unpaired) electrons. The topological polar surface area (TPSA) is 90.9 Å². The molecule has 0 saturated heterocycles. The highest BCUT2D eigenvalue weighted by Gasteiger charge is 2.21. The predicted octanol–water partition coefficient (Wildman–Crippen LogP) is 2.49. The number of fused-ring (bicyclic) bond motifs is 1. The first-order valence-corrected chi connectivity index (χ1v) is 6.70. The van der Waals surface area contributed by atoms with E-state index in [2.05, 4.69) is 20.3 Å². The number of rotatable bonds is 5. The van der Waals surface area contributed by atoms with Crippen molar-refractivity contribution in [1.29, 1.82) is 0 Å². The third-order valence-electron chi connectivity index (χ3n) is 3.05. The van der Waals surface area contributed by atoms with Gasteiger partial charge in [0, 0.05) is 5.69 Å². The van der Waals surface area contributed by atoms with Crippen LogP contribution in [0.4, 0.5) is 5.82 Å². The largest absolute Gasteiger partial charge is 0.480 e. The molecule has 20 heavy (non-hydrogen) atoms. The molecule has 0 amide bonds. The van der Waals surface area contributed by atoms with Gasteiger partial charge in [0.25, 0.3) is 0 Å². The smallest absolute Gasteiger partial charge is 0.326 e. The van der Waals surface area contributed by atoms with Gasteiger partial charge in [0.1, 0.15) is 23.3 Å². The minimum absolute atomic E-state index is 0.287. The highest BCUT2D eigenvalue weighted by atomic mass is 16.4. The molecule has 6 nitrogen and oxygen atoms in total. The second-order valence-corrected chi connectivity index (χ2v) is 5.50. The quantitative estimate of drug-likeness (QED) is 0.780. The summed E-state index contributed by atoms with van der Waals surface area (Å²) in [4.78, 5) is 23.2. The van der Waals surface area contributed by atoms with E-state index in [4.69, 9.17) is 0 Å². The summed E-state index contributed by atoms with van der Waals surface area (Å²) in [5, 5.41) is 13.2. The fourth-order valence-electron chi connectivity index (χ4n) is 2.22. The van der Waals surface area contributed by atoms with Crippen molar-refractivity contribution in [2.75, 3.05) is 5.32 Å². The van der Waals surface area contributed by atoms with Crippen molar-refractivity contribution in [3.63, 3.8) is 0 Å². The number of nitrogens with one attached hydrogen (secondary N) is 2. The van der Waals surface area contributed by atoms with E-state index < -0.39 is 12.0 Å². The number of hydrogen-bond donors (Lipinski definition) is 3. The monoisotopic (exact) mass is 276 g/mol. The fourth-order valence-corrected chi connectivity index (χ4v) is 2.22. The summed E-state index contributed by atoms with van der Waals surface area (Å²) < 4.78 is 0. The Morgan fingerprint density at radius 1 is 1.40 bits per heavy atom. The molecule has 2 heterocycles. The second-order valence-electron chi connectivity index (χ2n) is 5.50. The first-order valence-electron chi connectivity index (χ1n) is 6.70. The molecule has 1 unspecified atom stereocenters. The Morgan fingerprint density at radius 2 is 2.10 bits per heavy atom. The van der Waals surface area contributed by atoms with Gasteiger partial charge in [0.2, 0.25) is 0 Å². The van der Waals surface area contributed by atoms with Gasteiger partial charge in [-0.2, -0.15) is 0 Å². The summed E-state index contributed by atoms with van der Waals surface area (Å²) in [5.74, 6) is 0.603. The van der Waals surface area contributed by atoms with E-state index in [9.17, 15) is 9.90 Å². The number of aromatic amines is 1. The van der Waals surface area contributed by atoms with Crippen LogP contribution in [0.25, 0.3) is 11.0 Å². The Labute approximate surface area is 117 Å². The highest BCUT2D eigenvalue weighted by Crippen LogP contribution is 2.23. The lowest BCUT2D eigenvalue weighted by molar-refractivity contribution is -0.138. The van der Waals surface area contributed by atoms with E-state index in [0.29, 0.717) is 18.1 Å². The van der Waals surface area contributed by atoms with Crippen molar-refractivity contribution in [3.05, 3.63) is 17.6 Å². The highest BCUT2D eigenvalue weighted by molar-refractivity contribution is 5.90. The van der Waals surface area contributed by atoms with Gasteiger partial charge >= 0.3 is 5.97 Å². The molecule has 0 aromatic carbocycles. The van der Waals surface area contributed by atoms with Gasteiger partial charge in [-0.1, -0.05) is 13.8 Å². The summed E-state index contributed by atoms with van der Waals surface area (Å²) in [5.41, 5.74) is 1.70. The van der Waals surface area contributed by atoms with Crippen LogP contribution in [0.5, 0.6) is 0 Å².